The zero-order valence-electron chi connectivity index (χ0n) is 29.0. The fourth-order valence-electron chi connectivity index (χ4n) is 3.55. The SMILES string of the molecule is COC(=O)CCOCCOCCOCCOCCC(=O)N[C@@H](CCCCNC(=O)OC(C)(C)C)C(=O)NCCOCCOCCC(=O)O. The summed E-state index contributed by atoms with van der Waals surface area (Å²) in [5.41, 5.74) is -0.605. The number of esters is 1. The normalized spacial score (nSPS) is 11.8. The summed E-state index contributed by atoms with van der Waals surface area (Å²) in [5.74, 6) is -1.98. The summed E-state index contributed by atoms with van der Waals surface area (Å²) in [7, 11) is 1.32. The van der Waals surface area contributed by atoms with E-state index in [-0.39, 0.29) is 89.8 Å². The minimum absolute atomic E-state index is 0.0497. The first-order valence-electron chi connectivity index (χ1n) is 16.2. The average Bonchev–Trinajstić information content (AvgIpc) is 3.02. The van der Waals surface area contributed by atoms with Crippen molar-refractivity contribution in [3.05, 3.63) is 0 Å². The molecule has 0 heterocycles. The number of methoxy groups -OCH3 is 1. The predicted molar refractivity (Wildman–Crippen MR) is 171 cm³/mol. The van der Waals surface area contributed by atoms with Crippen LogP contribution < -0.4 is 16.0 Å². The van der Waals surface area contributed by atoms with Crippen LogP contribution in [-0.2, 0) is 57.1 Å². The molecule has 0 aliphatic carbocycles. The summed E-state index contributed by atoms with van der Waals surface area (Å²) in [4.78, 5) is 58.7. The summed E-state index contributed by atoms with van der Waals surface area (Å²) in [6.45, 7) is 9.16. The number of hydrogen-bond donors (Lipinski definition) is 4. The van der Waals surface area contributed by atoms with Gasteiger partial charge in [0.1, 0.15) is 11.6 Å². The molecular weight excluding hydrogens is 638 g/mol. The van der Waals surface area contributed by atoms with Crippen LogP contribution in [0.2, 0.25) is 0 Å². The van der Waals surface area contributed by atoms with E-state index >= 15 is 0 Å². The van der Waals surface area contributed by atoms with Gasteiger partial charge in [-0.25, -0.2) is 4.79 Å². The van der Waals surface area contributed by atoms with E-state index in [4.69, 9.17) is 38.3 Å². The van der Waals surface area contributed by atoms with Gasteiger partial charge in [-0.1, -0.05) is 0 Å². The van der Waals surface area contributed by atoms with Gasteiger partial charge in [-0.15, -0.1) is 0 Å². The molecule has 0 aromatic carbocycles. The molecule has 4 N–H and O–H groups in total. The third-order valence-corrected chi connectivity index (χ3v) is 5.89. The van der Waals surface area contributed by atoms with E-state index in [0.29, 0.717) is 58.8 Å². The summed E-state index contributed by atoms with van der Waals surface area (Å²) in [6.07, 6.45) is 1.11. The first kappa shape index (κ1) is 44.9. The second-order valence-electron chi connectivity index (χ2n) is 11.2. The number of hydrogen-bond acceptors (Lipinski definition) is 13. The van der Waals surface area contributed by atoms with E-state index in [1.165, 1.54) is 7.11 Å². The van der Waals surface area contributed by atoms with Crippen LogP contribution in [-0.4, -0.2) is 146 Å². The Morgan fingerprint density at radius 2 is 1.12 bits per heavy atom. The molecule has 0 saturated carbocycles. The van der Waals surface area contributed by atoms with Crippen LogP contribution in [0, 0.1) is 0 Å². The van der Waals surface area contributed by atoms with Gasteiger partial charge in [0.2, 0.25) is 11.8 Å². The molecule has 17 heteroatoms. The van der Waals surface area contributed by atoms with E-state index < -0.39 is 23.7 Å². The highest BCUT2D eigenvalue weighted by molar-refractivity contribution is 5.87. The van der Waals surface area contributed by atoms with E-state index in [9.17, 15) is 24.0 Å². The lowest BCUT2D eigenvalue weighted by Crippen LogP contribution is -2.47. The first-order valence-corrected chi connectivity index (χ1v) is 16.2. The largest absolute Gasteiger partial charge is 0.481 e. The zero-order chi connectivity index (χ0) is 35.9. The standard InChI is InChI=1S/C31H57N3O14/c1-31(2,3)48-30(40)33-11-6-5-7-25(29(39)32-12-16-45-20-17-43-14-9-27(36)37)34-26(35)8-13-42-18-21-46-23-24-47-22-19-44-15-10-28(38)41-4/h25H,5-24H2,1-4H3,(H,32,39)(H,33,40)(H,34,35)(H,36,37)/t25-/m0/s1. The molecule has 3 amide bonds. The molecule has 1 atom stereocenters. The monoisotopic (exact) mass is 695 g/mol. The summed E-state index contributed by atoms with van der Waals surface area (Å²) >= 11 is 0. The maximum atomic E-state index is 12.8. The smallest absolute Gasteiger partial charge is 0.407 e. The molecule has 0 aliphatic heterocycles. The average molecular weight is 696 g/mol. The Labute approximate surface area is 283 Å². The van der Waals surface area contributed by atoms with Crippen LogP contribution >= 0.6 is 0 Å². The lowest BCUT2D eigenvalue weighted by Gasteiger charge is -2.20. The number of carboxylic acids is 1. The van der Waals surface area contributed by atoms with E-state index in [0.717, 1.165) is 0 Å². The molecule has 0 spiro atoms. The topological polar surface area (TPSA) is 216 Å². The molecule has 0 rings (SSSR count). The van der Waals surface area contributed by atoms with Crippen LogP contribution in [0.1, 0.15) is 59.3 Å². The fourth-order valence-corrected chi connectivity index (χ4v) is 3.55. The molecular formula is C31H57N3O14. The maximum Gasteiger partial charge on any atom is 0.407 e. The van der Waals surface area contributed by atoms with Crippen molar-refractivity contribution in [1.82, 2.24) is 16.0 Å². The quantitative estimate of drug-likeness (QED) is 0.0584. The minimum Gasteiger partial charge on any atom is -0.481 e. The van der Waals surface area contributed by atoms with Gasteiger partial charge >= 0.3 is 18.0 Å². The van der Waals surface area contributed by atoms with Gasteiger partial charge in [-0.3, -0.25) is 19.2 Å². The van der Waals surface area contributed by atoms with Crippen molar-refractivity contribution in [2.45, 2.75) is 70.9 Å². The molecule has 0 aliphatic rings. The molecule has 0 aromatic rings. The number of rotatable bonds is 31. The number of carboxylic acid groups (broad SMARTS) is 1. The predicted octanol–water partition coefficient (Wildman–Crippen LogP) is 0.810. The van der Waals surface area contributed by atoms with Crippen molar-refractivity contribution in [2.75, 3.05) is 99.5 Å². The minimum atomic E-state index is -0.940. The van der Waals surface area contributed by atoms with Gasteiger partial charge in [0.25, 0.3) is 0 Å². The maximum absolute atomic E-state index is 12.8. The van der Waals surface area contributed by atoms with Gasteiger partial charge in [0.05, 0.1) is 99.2 Å². The highest BCUT2D eigenvalue weighted by Crippen LogP contribution is 2.07. The first-order chi connectivity index (χ1) is 22.9. The van der Waals surface area contributed by atoms with E-state index in [1.807, 2.05) is 0 Å². The second kappa shape index (κ2) is 30.0. The molecule has 17 nitrogen and oxygen atoms in total. The number of carbonyl (C=O) groups is 5. The molecule has 48 heavy (non-hydrogen) atoms. The molecule has 0 saturated heterocycles. The Morgan fingerprint density at radius 3 is 1.65 bits per heavy atom. The van der Waals surface area contributed by atoms with Crippen molar-refractivity contribution >= 4 is 29.8 Å². The Kier molecular flexibility index (Phi) is 28.1. The highest BCUT2D eigenvalue weighted by atomic mass is 16.6. The third-order valence-electron chi connectivity index (χ3n) is 5.89. The molecule has 0 unspecified atom stereocenters. The van der Waals surface area contributed by atoms with Crippen LogP contribution in [0.15, 0.2) is 0 Å². The van der Waals surface area contributed by atoms with Crippen LogP contribution in [0.4, 0.5) is 4.79 Å². The summed E-state index contributed by atoms with van der Waals surface area (Å²) in [6, 6.07) is -0.792. The number of ether oxygens (including phenoxy) is 8. The summed E-state index contributed by atoms with van der Waals surface area (Å²) in [5, 5.41) is 16.8. The molecule has 0 bridgehead atoms. The van der Waals surface area contributed by atoms with Crippen molar-refractivity contribution in [3.63, 3.8) is 0 Å². The number of unbranched alkanes of at least 4 members (excludes halogenated alkanes) is 1. The number of alkyl carbamates (subject to hydrolysis) is 1. The summed E-state index contributed by atoms with van der Waals surface area (Å²) < 4.78 is 41.8. The van der Waals surface area contributed by atoms with Crippen molar-refractivity contribution in [1.29, 1.82) is 0 Å². The lowest BCUT2D eigenvalue weighted by atomic mass is 10.1. The number of amides is 3. The van der Waals surface area contributed by atoms with E-state index in [2.05, 4.69) is 20.7 Å². The van der Waals surface area contributed by atoms with Gasteiger partial charge in [0.15, 0.2) is 0 Å². The molecule has 0 fully saturated rings. The Hall–Kier alpha value is -3.09. The van der Waals surface area contributed by atoms with Gasteiger partial charge < -0.3 is 59.0 Å². The van der Waals surface area contributed by atoms with Gasteiger partial charge in [-0.05, 0) is 40.0 Å². The number of nitrogens with one attached hydrogen (secondary N) is 3. The van der Waals surface area contributed by atoms with Crippen molar-refractivity contribution in [3.8, 4) is 0 Å². The number of carbonyl (C=O) groups excluding carboxylic acids is 4. The Balaban J connectivity index is 4.27. The molecule has 280 valence electrons. The Morgan fingerprint density at radius 1 is 0.625 bits per heavy atom. The highest BCUT2D eigenvalue weighted by Gasteiger charge is 2.20. The second-order valence-corrected chi connectivity index (χ2v) is 11.2. The molecule has 0 aromatic heterocycles. The number of aliphatic carboxylic acids is 1. The Bertz CT molecular complexity index is 885. The molecule has 0 radical (unpaired) electrons. The zero-order valence-corrected chi connectivity index (χ0v) is 29.0. The van der Waals surface area contributed by atoms with Crippen molar-refractivity contribution < 1.29 is 67.0 Å². The lowest BCUT2D eigenvalue weighted by molar-refractivity contribution is -0.142. The van der Waals surface area contributed by atoms with Crippen molar-refractivity contribution in [2.24, 2.45) is 0 Å². The van der Waals surface area contributed by atoms with E-state index in [1.54, 1.807) is 20.8 Å². The van der Waals surface area contributed by atoms with Crippen LogP contribution in [0.5, 0.6) is 0 Å². The third kappa shape index (κ3) is 31.5. The van der Waals surface area contributed by atoms with Crippen LogP contribution in [0.3, 0.4) is 0 Å². The fraction of sp³-hybridized carbons (Fsp3) is 0.839. The van der Waals surface area contributed by atoms with Gasteiger partial charge in [0, 0.05) is 19.5 Å². The van der Waals surface area contributed by atoms with Crippen LogP contribution in [0.25, 0.3) is 0 Å². The van der Waals surface area contributed by atoms with Gasteiger partial charge in [-0.2, -0.15) is 0 Å².